The van der Waals surface area contributed by atoms with Gasteiger partial charge < -0.3 is 24.5 Å². The van der Waals surface area contributed by atoms with Crippen molar-refractivity contribution in [1.82, 2.24) is 20.8 Å². The molecule has 2 atom stereocenters. The summed E-state index contributed by atoms with van der Waals surface area (Å²) in [6.07, 6.45) is -4.06. The van der Waals surface area contributed by atoms with E-state index >= 15 is 0 Å². The molecule has 9 nitrogen and oxygen atoms in total. The first kappa shape index (κ1) is 25.7. The standard InChI is InChI=1S/C18H19Cl2F3N4O5S/c19-11-2-1-10(7-12(11)20)30-8-14(28)25-17(33)4-3-13(24-9-17)15-26-27-16(32-15)29-5-6-31-18(21,22)23/h1-2,7,13,24,33H,3-6,8-9H2,(H,25,28)/t13-,17+/m1/s1. The number of carbonyl (C=O) groups is 1. The SMILES string of the molecule is O=C(COc1ccc(Cl)c(Cl)c1)N[C@]1(S)CC[C@H](c2nnc(OCCOC(F)(F)F)o2)NC1. The van der Waals surface area contributed by atoms with Crippen LogP contribution >= 0.6 is 35.8 Å². The van der Waals surface area contributed by atoms with Gasteiger partial charge in [-0.15, -0.1) is 18.3 Å². The van der Waals surface area contributed by atoms with E-state index in [1.54, 1.807) is 12.1 Å². The summed E-state index contributed by atoms with van der Waals surface area (Å²) < 4.78 is 55.1. The molecule has 1 amide bonds. The average molecular weight is 531 g/mol. The van der Waals surface area contributed by atoms with Crippen molar-refractivity contribution >= 4 is 41.7 Å². The van der Waals surface area contributed by atoms with Crippen molar-refractivity contribution in [1.29, 1.82) is 0 Å². The molecular weight excluding hydrogens is 512 g/mol. The highest BCUT2D eigenvalue weighted by molar-refractivity contribution is 7.81. The number of ether oxygens (including phenoxy) is 3. The Kier molecular flexibility index (Phi) is 8.56. The Morgan fingerprint density at radius 3 is 2.73 bits per heavy atom. The minimum atomic E-state index is -4.74. The number of thiol groups is 1. The van der Waals surface area contributed by atoms with Gasteiger partial charge in [-0.3, -0.25) is 9.53 Å². The molecule has 182 valence electrons. The summed E-state index contributed by atoms with van der Waals surface area (Å²) in [5.41, 5.74) is 0. The van der Waals surface area contributed by atoms with Gasteiger partial charge in [0.1, 0.15) is 12.4 Å². The van der Waals surface area contributed by atoms with Gasteiger partial charge in [-0.2, -0.15) is 12.6 Å². The highest BCUT2D eigenvalue weighted by Crippen LogP contribution is 2.31. The number of nitrogens with zero attached hydrogens (tertiary/aromatic N) is 2. The molecule has 0 radical (unpaired) electrons. The number of nitrogens with one attached hydrogen (secondary N) is 2. The van der Waals surface area contributed by atoms with Crippen molar-refractivity contribution in [3.63, 3.8) is 0 Å². The summed E-state index contributed by atoms with van der Waals surface area (Å²) in [5.74, 6) is 0.214. The second-order valence-electron chi connectivity index (χ2n) is 6.97. The van der Waals surface area contributed by atoms with Crippen molar-refractivity contribution in [2.24, 2.45) is 0 Å². The molecule has 33 heavy (non-hydrogen) atoms. The highest BCUT2D eigenvalue weighted by Gasteiger charge is 2.36. The van der Waals surface area contributed by atoms with Gasteiger partial charge in [-0.25, -0.2) is 0 Å². The van der Waals surface area contributed by atoms with Gasteiger partial charge in [0, 0.05) is 12.6 Å². The Bertz CT molecular complexity index is 957. The Labute approximate surface area is 201 Å². The number of hydrogen-bond donors (Lipinski definition) is 3. The number of halogens is 5. The topological polar surface area (TPSA) is 108 Å². The number of alkyl halides is 3. The normalized spacial score (nSPS) is 21.0. The zero-order valence-electron chi connectivity index (χ0n) is 16.8. The first-order chi connectivity index (χ1) is 15.5. The van der Waals surface area contributed by atoms with Gasteiger partial charge in [0.25, 0.3) is 5.91 Å². The number of amides is 1. The van der Waals surface area contributed by atoms with Crippen LogP contribution in [0, 0.1) is 0 Å². The molecule has 0 spiro atoms. The number of aromatic nitrogens is 2. The third-order valence-corrected chi connectivity index (χ3v) is 5.65. The van der Waals surface area contributed by atoms with Gasteiger partial charge in [0.2, 0.25) is 5.89 Å². The third-order valence-electron chi connectivity index (χ3n) is 4.42. The number of rotatable bonds is 9. The lowest BCUT2D eigenvalue weighted by Crippen LogP contribution is -2.55. The van der Waals surface area contributed by atoms with E-state index in [-0.39, 0.29) is 37.1 Å². The van der Waals surface area contributed by atoms with Crippen LogP contribution in [0.1, 0.15) is 24.8 Å². The molecule has 2 aromatic rings. The Morgan fingerprint density at radius 1 is 1.27 bits per heavy atom. The van der Waals surface area contributed by atoms with Crippen LogP contribution in [0.15, 0.2) is 22.6 Å². The maximum atomic E-state index is 12.3. The molecule has 1 aliphatic heterocycles. The number of carbonyl (C=O) groups excluding carboxylic acids is 1. The minimum Gasteiger partial charge on any atom is -0.484 e. The second kappa shape index (κ2) is 11.0. The third kappa shape index (κ3) is 8.10. The molecular formula is C18H19Cl2F3N4O5S. The largest absolute Gasteiger partial charge is 0.522 e. The van der Waals surface area contributed by atoms with Crippen LogP contribution in [0.3, 0.4) is 0 Å². The molecule has 1 saturated heterocycles. The maximum absolute atomic E-state index is 12.3. The van der Waals surface area contributed by atoms with Crippen molar-refractivity contribution < 1.29 is 36.6 Å². The Balaban J connectivity index is 1.41. The lowest BCUT2D eigenvalue weighted by molar-refractivity contribution is -0.325. The van der Waals surface area contributed by atoms with Crippen LogP contribution < -0.4 is 20.1 Å². The fourth-order valence-electron chi connectivity index (χ4n) is 2.90. The van der Waals surface area contributed by atoms with Crippen LogP contribution in [0.25, 0.3) is 0 Å². The van der Waals surface area contributed by atoms with Crippen LogP contribution in [-0.2, 0) is 9.53 Å². The van der Waals surface area contributed by atoms with Crippen molar-refractivity contribution in [3.05, 3.63) is 34.1 Å². The zero-order valence-corrected chi connectivity index (χ0v) is 19.2. The molecule has 1 aromatic carbocycles. The van der Waals surface area contributed by atoms with Gasteiger partial charge >= 0.3 is 12.4 Å². The van der Waals surface area contributed by atoms with Crippen molar-refractivity contribution in [3.8, 4) is 11.8 Å². The molecule has 0 unspecified atom stereocenters. The lowest BCUT2D eigenvalue weighted by atomic mass is 10.00. The quantitative estimate of drug-likeness (QED) is 0.256. The van der Waals surface area contributed by atoms with Gasteiger partial charge in [-0.1, -0.05) is 28.3 Å². The van der Waals surface area contributed by atoms with E-state index in [9.17, 15) is 18.0 Å². The van der Waals surface area contributed by atoms with Crippen LogP contribution in [-0.4, -0.2) is 53.7 Å². The first-order valence-corrected chi connectivity index (χ1v) is 10.7. The van der Waals surface area contributed by atoms with Crippen molar-refractivity contribution in [2.45, 2.75) is 30.1 Å². The maximum Gasteiger partial charge on any atom is 0.522 e. The lowest BCUT2D eigenvalue weighted by Gasteiger charge is -2.36. The van der Waals surface area contributed by atoms with E-state index in [4.69, 9.17) is 37.1 Å². The molecule has 0 saturated carbocycles. The molecule has 2 N–H and O–H groups in total. The highest BCUT2D eigenvalue weighted by atomic mass is 35.5. The van der Waals surface area contributed by atoms with E-state index < -0.39 is 24.4 Å². The van der Waals surface area contributed by atoms with Gasteiger partial charge in [0.15, 0.2) is 6.61 Å². The fraction of sp³-hybridized carbons (Fsp3) is 0.500. The first-order valence-electron chi connectivity index (χ1n) is 9.54. The number of piperidine rings is 1. The smallest absolute Gasteiger partial charge is 0.484 e. The molecule has 0 aliphatic carbocycles. The summed E-state index contributed by atoms with van der Waals surface area (Å²) in [4.78, 5) is 11.4. The molecule has 1 aromatic heterocycles. The van der Waals surface area contributed by atoms with Crippen LogP contribution in [0.5, 0.6) is 11.8 Å². The van der Waals surface area contributed by atoms with E-state index in [1.165, 1.54) is 6.07 Å². The summed E-state index contributed by atoms with van der Waals surface area (Å²) in [6, 6.07) is 4.32. The summed E-state index contributed by atoms with van der Waals surface area (Å²) in [6.45, 7) is -1.09. The Morgan fingerprint density at radius 2 is 2.06 bits per heavy atom. The van der Waals surface area contributed by atoms with E-state index in [2.05, 4.69) is 38.2 Å². The molecule has 15 heteroatoms. The summed E-state index contributed by atoms with van der Waals surface area (Å²) in [5, 5.41) is 14.1. The van der Waals surface area contributed by atoms with Crippen LogP contribution in [0.4, 0.5) is 13.2 Å². The molecule has 2 heterocycles. The zero-order chi connectivity index (χ0) is 24.1. The second-order valence-corrected chi connectivity index (χ2v) is 8.64. The fourth-order valence-corrected chi connectivity index (χ4v) is 3.53. The summed E-state index contributed by atoms with van der Waals surface area (Å²) in [7, 11) is 0. The predicted molar refractivity (Wildman–Crippen MR) is 114 cm³/mol. The van der Waals surface area contributed by atoms with E-state index in [0.717, 1.165) is 0 Å². The number of benzene rings is 1. The van der Waals surface area contributed by atoms with E-state index in [1.807, 2.05) is 0 Å². The minimum absolute atomic E-state index is 0.200. The van der Waals surface area contributed by atoms with Crippen LogP contribution in [0.2, 0.25) is 10.0 Å². The molecule has 1 fully saturated rings. The van der Waals surface area contributed by atoms with Gasteiger partial charge in [-0.05, 0) is 25.0 Å². The van der Waals surface area contributed by atoms with Gasteiger partial charge in [0.05, 0.1) is 27.6 Å². The Hall–Kier alpha value is -1.93. The monoisotopic (exact) mass is 530 g/mol. The summed E-state index contributed by atoms with van der Waals surface area (Å²) >= 11 is 16.3. The average Bonchev–Trinajstić information content (AvgIpc) is 3.20. The molecule has 0 bridgehead atoms. The van der Waals surface area contributed by atoms with Crippen molar-refractivity contribution in [2.75, 3.05) is 26.4 Å². The van der Waals surface area contributed by atoms with E-state index in [0.29, 0.717) is 28.6 Å². The predicted octanol–water partition coefficient (Wildman–Crippen LogP) is 3.54. The molecule has 3 rings (SSSR count). The number of hydrogen-bond acceptors (Lipinski definition) is 9. The molecule has 1 aliphatic rings.